The van der Waals surface area contributed by atoms with Crippen LogP contribution in [-0.4, -0.2) is 26.7 Å². The average molecular weight is 352 g/mol. The van der Waals surface area contributed by atoms with Gasteiger partial charge in [0.25, 0.3) is 0 Å². The van der Waals surface area contributed by atoms with Crippen LogP contribution in [0, 0.1) is 31.6 Å². The van der Waals surface area contributed by atoms with E-state index in [9.17, 15) is 4.79 Å². The van der Waals surface area contributed by atoms with Crippen LogP contribution in [0.3, 0.4) is 0 Å². The minimum Gasteiger partial charge on any atom is -0.352 e. The Morgan fingerprint density at radius 2 is 1.96 bits per heavy atom. The molecule has 5 heteroatoms. The first-order valence-corrected chi connectivity index (χ1v) is 9.78. The van der Waals surface area contributed by atoms with Gasteiger partial charge in [-0.15, -0.1) is 0 Å². The molecule has 2 saturated carbocycles. The number of nitrogens with one attached hydrogen (secondary N) is 1. The van der Waals surface area contributed by atoms with Gasteiger partial charge in [0.05, 0.1) is 12.5 Å². The molecule has 138 valence electrons. The van der Waals surface area contributed by atoms with E-state index in [-0.39, 0.29) is 17.9 Å². The lowest BCUT2D eigenvalue weighted by Gasteiger charge is -2.50. The molecule has 5 atom stereocenters. The molecular weight excluding hydrogens is 324 g/mol. The number of amides is 1. The summed E-state index contributed by atoms with van der Waals surface area (Å²) in [5.74, 6) is 3.48. The monoisotopic (exact) mass is 352 g/mol. The maximum Gasteiger partial charge on any atom is 0.224 e. The highest BCUT2D eigenvalue weighted by atomic mass is 16.2. The Morgan fingerprint density at radius 3 is 2.65 bits per heavy atom. The van der Waals surface area contributed by atoms with Crippen molar-refractivity contribution in [2.75, 3.05) is 0 Å². The molecule has 1 heterocycles. The fourth-order valence-electron chi connectivity index (χ4n) is 5.01. The van der Waals surface area contributed by atoms with E-state index in [1.165, 1.54) is 24.8 Å². The zero-order chi connectivity index (χ0) is 18.3. The quantitative estimate of drug-likeness (QED) is 0.899. The number of aromatic nitrogens is 3. The predicted molar refractivity (Wildman–Crippen MR) is 101 cm³/mol. The topological polar surface area (TPSA) is 59.8 Å². The second-order valence-corrected chi connectivity index (χ2v) is 8.02. The lowest BCUT2D eigenvalue weighted by molar-refractivity contribution is -0.127. The third kappa shape index (κ3) is 3.04. The lowest BCUT2D eigenvalue weighted by Crippen LogP contribution is -2.57. The van der Waals surface area contributed by atoms with E-state index in [0.29, 0.717) is 18.4 Å². The Kier molecular flexibility index (Phi) is 4.55. The molecule has 2 fully saturated rings. The van der Waals surface area contributed by atoms with Crippen LogP contribution in [0.25, 0.3) is 0 Å². The van der Waals surface area contributed by atoms with Crippen LogP contribution in [0.15, 0.2) is 30.3 Å². The zero-order valence-electron chi connectivity index (χ0n) is 15.9. The standard InChI is InChI=1S/C21H28N4O/c1-13(12-25-15(3)22-14(2)24-25)21(26)23-20-18-11-7-10-17(18)19(20)16-8-5-4-6-9-16/h4-6,8-9,13,17-20H,7,10-12H2,1-3H3,(H,23,26)/t13-,17+,18+,19+,20+/m0/s1. The van der Waals surface area contributed by atoms with Crippen LogP contribution in [0.4, 0.5) is 0 Å². The molecule has 2 aliphatic rings. The van der Waals surface area contributed by atoms with Gasteiger partial charge in [0, 0.05) is 12.0 Å². The highest BCUT2D eigenvalue weighted by Crippen LogP contribution is 2.55. The lowest BCUT2D eigenvalue weighted by atomic mass is 9.59. The third-order valence-corrected chi connectivity index (χ3v) is 6.28. The summed E-state index contributed by atoms with van der Waals surface area (Å²) in [7, 11) is 0. The Balaban J connectivity index is 1.45. The van der Waals surface area contributed by atoms with Crippen molar-refractivity contribution in [2.24, 2.45) is 17.8 Å². The Labute approximate surface area is 155 Å². The number of carbonyl (C=O) groups excluding carboxylic acids is 1. The van der Waals surface area contributed by atoms with Crippen LogP contribution >= 0.6 is 0 Å². The summed E-state index contributed by atoms with van der Waals surface area (Å²) in [6, 6.07) is 11.0. The molecule has 5 nitrogen and oxygen atoms in total. The van der Waals surface area contributed by atoms with Crippen molar-refractivity contribution in [2.45, 2.75) is 58.5 Å². The SMILES string of the molecule is Cc1nc(C)n(C[C@H](C)C(=O)N[C@@H]2[C@@H]3CCC[C@H]3[C@H]2c2ccccc2)n1. The summed E-state index contributed by atoms with van der Waals surface area (Å²) < 4.78 is 1.84. The largest absolute Gasteiger partial charge is 0.352 e. The summed E-state index contributed by atoms with van der Waals surface area (Å²) in [6.07, 6.45) is 3.83. The molecule has 1 aromatic heterocycles. The van der Waals surface area contributed by atoms with Crippen molar-refractivity contribution in [1.29, 1.82) is 0 Å². The van der Waals surface area contributed by atoms with Crippen molar-refractivity contribution in [1.82, 2.24) is 20.1 Å². The summed E-state index contributed by atoms with van der Waals surface area (Å²) >= 11 is 0. The second kappa shape index (κ2) is 6.86. The number of aryl methyl sites for hydroxylation is 2. The van der Waals surface area contributed by atoms with Gasteiger partial charge in [-0.2, -0.15) is 5.10 Å². The van der Waals surface area contributed by atoms with Crippen LogP contribution < -0.4 is 5.32 Å². The van der Waals surface area contributed by atoms with Crippen molar-refractivity contribution < 1.29 is 4.79 Å². The maximum absolute atomic E-state index is 12.9. The Bertz CT molecular complexity index is 785. The van der Waals surface area contributed by atoms with Gasteiger partial charge in [-0.05, 0) is 44.1 Å². The molecule has 2 aliphatic carbocycles. The van der Waals surface area contributed by atoms with Gasteiger partial charge in [0.15, 0.2) is 0 Å². The summed E-state index contributed by atoms with van der Waals surface area (Å²) in [5, 5.41) is 7.77. The molecule has 26 heavy (non-hydrogen) atoms. The van der Waals surface area contributed by atoms with Gasteiger partial charge in [-0.3, -0.25) is 4.79 Å². The van der Waals surface area contributed by atoms with Crippen molar-refractivity contribution in [3.63, 3.8) is 0 Å². The number of benzene rings is 1. The van der Waals surface area contributed by atoms with E-state index >= 15 is 0 Å². The van der Waals surface area contributed by atoms with E-state index in [0.717, 1.165) is 17.6 Å². The highest BCUT2D eigenvalue weighted by molar-refractivity contribution is 5.79. The zero-order valence-corrected chi connectivity index (χ0v) is 15.9. The summed E-state index contributed by atoms with van der Waals surface area (Å²) in [6.45, 7) is 6.38. The van der Waals surface area contributed by atoms with Crippen LogP contribution in [0.2, 0.25) is 0 Å². The molecule has 1 amide bonds. The number of carbonyl (C=O) groups is 1. The van der Waals surface area contributed by atoms with Crippen LogP contribution in [0.1, 0.15) is 49.3 Å². The molecule has 0 radical (unpaired) electrons. The first-order chi connectivity index (χ1) is 12.5. The van der Waals surface area contributed by atoms with Crippen LogP contribution in [0.5, 0.6) is 0 Å². The second-order valence-electron chi connectivity index (χ2n) is 8.02. The summed E-state index contributed by atoms with van der Waals surface area (Å²) in [5.41, 5.74) is 1.37. The summed E-state index contributed by atoms with van der Waals surface area (Å²) in [4.78, 5) is 17.2. The Morgan fingerprint density at radius 1 is 1.23 bits per heavy atom. The van der Waals surface area contributed by atoms with Gasteiger partial charge in [-0.1, -0.05) is 43.7 Å². The number of hydrogen-bond acceptors (Lipinski definition) is 3. The molecule has 0 spiro atoms. The van der Waals surface area contributed by atoms with E-state index < -0.39 is 0 Å². The minimum atomic E-state index is -0.119. The van der Waals surface area contributed by atoms with Crippen molar-refractivity contribution >= 4 is 5.91 Å². The molecule has 1 N–H and O–H groups in total. The third-order valence-electron chi connectivity index (χ3n) is 6.28. The van der Waals surface area contributed by atoms with Crippen molar-refractivity contribution in [3.05, 3.63) is 47.5 Å². The van der Waals surface area contributed by atoms with Crippen LogP contribution in [-0.2, 0) is 11.3 Å². The molecule has 0 bridgehead atoms. The maximum atomic E-state index is 12.9. The fraction of sp³-hybridized carbons (Fsp3) is 0.571. The molecule has 0 aliphatic heterocycles. The van der Waals surface area contributed by atoms with E-state index in [4.69, 9.17) is 0 Å². The molecular formula is C21H28N4O. The number of hydrogen-bond donors (Lipinski definition) is 1. The molecule has 4 rings (SSSR count). The normalized spacial score (nSPS) is 28.3. The van der Waals surface area contributed by atoms with Crippen molar-refractivity contribution in [3.8, 4) is 0 Å². The first-order valence-electron chi connectivity index (χ1n) is 9.78. The van der Waals surface area contributed by atoms with Gasteiger partial charge < -0.3 is 5.32 Å². The first kappa shape index (κ1) is 17.3. The highest BCUT2D eigenvalue weighted by Gasteiger charge is 2.53. The molecule has 0 saturated heterocycles. The van der Waals surface area contributed by atoms with E-state index in [2.05, 4.69) is 45.7 Å². The minimum absolute atomic E-state index is 0.119. The van der Waals surface area contributed by atoms with E-state index in [1.54, 1.807) is 0 Å². The fourth-order valence-corrected chi connectivity index (χ4v) is 5.01. The van der Waals surface area contributed by atoms with Gasteiger partial charge >= 0.3 is 0 Å². The van der Waals surface area contributed by atoms with Gasteiger partial charge in [0.2, 0.25) is 5.91 Å². The smallest absolute Gasteiger partial charge is 0.224 e. The number of fused-ring (bicyclic) bond motifs is 1. The van der Waals surface area contributed by atoms with E-state index in [1.807, 2.05) is 25.5 Å². The molecule has 0 unspecified atom stereocenters. The number of rotatable bonds is 5. The molecule has 1 aromatic carbocycles. The number of nitrogens with zero attached hydrogens (tertiary/aromatic N) is 3. The molecule has 2 aromatic rings. The average Bonchev–Trinajstić information content (AvgIpc) is 3.16. The Hall–Kier alpha value is -2.17. The van der Waals surface area contributed by atoms with Gasteiger partial charge in [-0.25, -0.2) is 9.67 Å². The predicted octanol–water partition coefficient (Wildman–Crippen LogP) is 3.23. The van der Waals surface area contributed by atoms with Gasteiger partial charge in [0.1, 0.15) is 11.6 Å².